The van der Waals surface area contributed by atoms with Gasteiger partial charge in [-0.25, -0.2) is 0 Å². The average Bonchev–Trinajstić information content (AvgIpc) is 2.77. The summed E-state index contributed by atoms with van der Waals surface area (Å²) in [5, 5.41) is 5.52. The third-order valence-corrected chi connectivity index (χ3v) is 5.73. The van der Waals surface area contributed by atoms with Crippen molar-refractivity contribution in [2.24, 2.45) is 0 Å². The second kappa shape index (κ2) is 8.75. The van der Waals surface area contributed by atoms with Gasteiger partial charge in [-0.1, -0.05) is 66.2 Å². The topological polar surface area (TPSA) is 24.9 Å². The molecule has 0 saturated carbocycles. The summed E-state index contributed by atoms with van der Waals surface area (Å²) >= 11 is 0. The molecule has 32 heavy (non-hydrogen) atoms. The van der Waals surface area contributed by atoms with Crippen LogP contribution in [0.4, 0.5) is 13.2 Å². The van der Waals surface area contributed by atoms with Crippen molar-refractivity contribution < 1.29 is 13.2 Å². The summed E-state index contributed by atoms with van der Waals surface area (Å²) in [6, 6.07) is 23.5. The lowest BCUT2D eigenvalue weighted by molar-refractivity contribution is -0.137. The second-order valence-electron chi connectivity index (χ2n) is 8.22. The molecule has 0 saturated heterocycles. The Balaban J connectivity index is 1.70. The lowest BCUT2D eigenvalue weighted by Gasteiger charge is -2.22. The predicted octanol–water partition coefficient (Wildman–Crippen LogP) is 7.64. The summed E-state index contributed by atoms with van der Waals surface area (Å²) in [5.41, 5.74) is 3.93. The Labute approximate surface area is 186 Å². The number of nitrogens with one attached hydrogen (secondary N) is 1. The van der Waals surface area contributed by atoms with Crippen LogP contribution in [0.3, 0.4) is 0 Å². The minimum Gasteiger partial charge on any atom is -0.302 e. The maximum Gasteiger partial charge on any atom is 0.416 e. The zero-order valence-electron chi connectivity index (χ0n) is 18.2. The molecule has 0 aliphatic rings. The van der Waals surface area contributed by atoms with E-state index in [1.54, 1.807) is 0 Å². The molecule has 0 aliphatic carbocycles. The number of aryl methyl sites for hydroxylation is 1. The molecule has 1 N–H and O–H groups in total. The molecule has 0 bridgehead atoms. The Morgan fingerprint density at radius 1 is 0.812 bits per heavy atom. The van der Waals surface area contributed by atoms with Gasteiger partial charge in [0.15, 0.2) is 0 Å². The fraction of sp³-hybridized carbons (Fsp3) is 0.222. The lowest BCUT2D eigenvalue weighted by Crippen LogP contribution is -2.23. The number of aromatic nitrogens is 1. The van der Waals surface area contributed by atoms with Gasteiger partial charge in [0, 0.05) is 23.0 Å². The Morgan fingerprint density at radius 2 is 1.53 bits per heavy atom. The van der Waals surface area contributed by atoms with Crippen molar-refractivity contribution in [3.8, 4) is 11.3 Å². The number of hydrogen-bond donors (Lipinski definition) is 1. The van der Waals surface area contributed by atoms with Crippen LogP contribution in [0.1, 0.15) is 48.3 Å². The largest absolute Gasteiger partial charge is 0.416 e. The summed E-state index contributed by atoms with van der Waals surface area (Å²) in [5.74, 6) is 0. The van der Waals surface area contributed by atoms with Crippen LogP contribution in [0.2, 0.25) is 0 Å². The van der Waals surface area contributed by atoms with Gasteiger partial charge >= 0.3 is 6.18 Å². The van der Waals surface area contributed by atoms with Crippen molar-refractivity contribution in [3.05, 3.63) is 101 Å². The predicted molar refractivity (Wildman–Crippen MR) is 123 cm³/mol. The van der Waals surface area contributed by atoms with E-state index in [0.717, 1.165) is 28.6 Å². The molecule has 0 radical (unpaired) electrons. The highest BCUT2D eigenvalue weighted by molar-refractivity contribution is 5.94. The summed E-state index contributed by atoms with van der Waals surface area (Å²) in [6.45, 7) is 6.24. The van der Waals surface area contributed by atoms with Crippen molar-refractivity contribution in [3.63, 3.8) is 0 Å². The number of pyridine rings is 1. The summed E-state index contributed by atoms with van der Waals surface area (Å²) in [4.78, 5) is 4.88. The van der Waals surface area contributed by atoms with E-state index in [1.807, 2.05) is 36.4 Å². The number of rotatable bonds is 5. The van der Waals surface area contributed by atoms with E-state index in [0.29, 0.717) is 11.3 Å². The molecule has 0 amide bonds. The molecule has 5 heteroatoms. The zero-order chi connectivity index (χ0) is 22.9. The van der Waals surface area contributed by atoms with Gasteiger partial charge in [0.2, 0.25) is 0 Å². The number of nitrogens with zero attached hydrogens (tertiary/aromatic N) is 1. The second-order valence-corrected chi connectivity index (χ2v) is 8.22. The van der Waals surface area contributed by atoms with Crippen LogP contribution < -0.4 is 5.32 Å². The van der Waals surface area contributed by atoms with Crippen molar-refractivity contribution in [1.29, 1.82) is 0 Å². The highest BCUT2D eigenvalue weighted by atomic mass is 19.4. The van der Waals surface area contributed by atoms with Crippen LogP contribution in [0, 0.1) is 6.92 Å². The fourth-order valence-electron chi connectivity index (χ4n) is 3.97. The van der Waals surface area contributed by atoms with Gasteiger partial charge in [-0.2, -0.15) is 13.2 Å². The maximum atomic E-state index is 13.0. The normalized spacial score (nSPS) is 13.8. The molecule has 0 fully saturated rings. The highest BCUT2D eigenvalue weighted by Gasteiger charge is 2.30. The quantitative estimate of drug-likeness (QED) is 0.349. The first-order chi connectivity index (χ1) is 15.2. The zero-order valence-corrected chi connectivity index (χ0v) is 18.2. The summed E-state index contributed by atoms with van der Waals surface area (Å²) in [6.07, 6.45) is -4.36. The number of alkyl halides is 3. The van der Waals surface area contributed by atoms with E-state index < -0.39 is 11.7 Å². The monoisotopic (exact) mass is 434 g/mol. The van der Waals surface area contributed by atoms with Crippen molar-refractivity contribution in [2.75, 3.05) is 0 Å². The molecule has 4 rings (SSSR count). The van der Waals surface area contributed by atoms with Gasteiger partial charge in [0.25, 0.3) is 0 Å². The molecule has 3 aromatic carbocycles. The molecule has 4 aromatic rings. The first-order valence-corrected chi connectivity index (χ1v) is 10.6. The van der Waals surface area contributed by atoms with E-state index in [2.05, 4.69) is 44.3 Å². The molecule has 164 valence electrons. The molecule has 2 atom stereocenters. The van der Waals surface area contributed by atoms with Gasteiger partial charge in [-0.05, 0) is 49.9 Å². The van der Waals surface area contributed by atoms with E-state index in [-0.39, 0.29) is 12.1 Å². The molecular weight excluding hydrogens is 409 g/mol. The van der Waals surface area contributed by atoms with Crippen LogP contribution in [-0.2, 0) is 6.18 Å². The first-order valence-electron chi connectivity index (χ1n) is 10.6. The van der Waals surface area contributed by atoms with E-state index >= 15 is 0 Å². The minimum absolute atomic E-state index is 0.0525. The van der Waals surface area contributed by atoms with Crippen LogP contribution >= 0.6 is 0 Å². The van der Waals surface area contributed by atoms with Gasteiger partial charge in [-0.15, -0.1) is 0 Å². The van der Waals surface area contributed by atoms with Crippen LogP contribution in [0.25, 0.3) is 22.0 Å². The van der Waals surface area contributed by atoms with Crippen molar-refractivity contribution in [1.82, 2.24) is 10.3 Å². The Kier molecular flexibility index (Phi) is 6.02. The lowest BCUT2D eigenvalue weighted by atomic mass is 10.00. The number of fused-ring (bicyclic) bond motifs is 1. The van der Waals surface area contributed by atoms with Crippen molar-refractivity contribution >= 4 is 10.8 Å². The molecule has 1 heterocycles. The highest BCUT2D eigenvalue weighted by Crippen LogP contribution is 2.33. The Morgan fingerprint density at radius 3 is 2.22 bits per heavy atom. The fourth-order valence-corrected chi connectivity index (χ4v) is 3.97. The molecule has 2 nitrogen and oxygen atoms in total. The number of halogens is 3. The third kappa shape index (κ3) is 4.68. The van der Waals surface area contributed by atoms with Crippen LogP contribution in [0.15, 0.2) is 78.9 Å². The van der Waals surface area contributed by atoms with Gasteiger partial charge < -0.3 is 5.32 Å². The van der Waals surface area contributed by atoms with Crippen LogP contribution in [0.5, 0.6) is 0 Å². The molecule has 0 spiro atoms. The van der Waals surface area contributed by atoms with Gasteiger partial charge in [0.1, 0.15) is 0 Å². The minimum atomic E-state index is -4.36. The molecule has 1 unspecified atom stereocenters. The Bertz CT molecular complexity index is 1230. The summed E-state index contributed by atoms with van der Waals surface area (Å²) in [7, 11) is 0. The van der Waals surface area contributed by atoms with Gasteiger partial charge in [0.05, 0.1) is 17.0 Å². The van der Waals surface area contributed by atoms with Crippen molar-refractivity contribution in [2.45, 2.75) is 39.0 Å². The molecule has 1 aromatic heterocycles. The average molecular weight is 435 g/mol. The first kappa shape index (κ1) is 22.0. The van der Waals surface area contributed by atoms with Crippen LogP contribution in [-0.4, -0.2) is 4.98 Å². The maximum absolute atomic E-state index is 13.0. The Hall–Kier alpha value is -3.18. The standard InChI is InChI=1S/C27H25F3N2/c1-17-7-6-9-21(15-17)18(2)31-19(3)25-16-22-8-4-5-10-24(22)26(32-25)20-11-13-23(14-12-20)27(28,29)30/h4-16,18-19,31H,1-3H3/t18-,19?/m1/s1. The van der Waals surface area contributed by atoms with Gasteiger partial charge in [-0.3, -0.25) is 4.98 Å². The smallest absolute Gasteiger partial charge is 0.302 e. The molecular formula is C27H25F3N2. The van der Waals surface area contributed by atoms with E-state index in [4.69, 9.17) is 4.98 Å². The third-order valence-electron chi connectivity index (χ3n) is 5.73. The summed E-state index contributed by atoms with van der Waals surface area (Å²) < 4.78 is 39.0. The number of benzene rings is 3. The molecule has 0 aliphatic heterocycles. The SMILES string of the molecule is Cc1cccc([C@@H](C)NC(C)c2cc3ccccc3c(-c3ccc(C(F)(F)F)cc3)n2)c1. The van der Waals surface area contributed by atoms with E-state index in [9.17, 15) is 13.2 Å². The number of hydrogen-bond acceptors (Lipinski definition) is 2. The van der Waals surface area contributed by atoms with E-state index in [1.165, 1.54) is 23.3 Å².